The molecule has 0 radical (unpaired) electrons. The molecule has 130 valence electrons. The second-order valence-corrected chi connectivity index (χ2v) is 7.93. The van der Waals surface area contributed by atoms with E-state index in [1.807, 2.05) is 6.92 Å². The molecule has 5 nitrogen and oxygen atoms in total. The van der Waals surface area contributed by atoms with Gasteiger partial charge < -0.3 is 4.42 Å². The van der Waals surface area contributed by atoms with Gasteiger partial charge >= 0.3 is 0 Å². The number of halogens is 1. The quantitative estimate of drug-likeness (QED) is 0.668. The number of ketones is 1. The summed E-state index contributed by atoms with van der Waals surface area (Å²) >= 11 is 6.21. The molecule has 0 fully saturated rings. The van der Waals surface area contributed by atoms with Gasteiger partial charge in [-0.25, -0.2) is 8.42 Å². The largest absolute Gasteiger partial charge is 0.459 e. The molecule has 0 saturated carbocycles. The third kappa shape index (κ3) is 3.27. The van der Waals surface area contributed by atoms with E-state index in [0.717, 1.165) is 5.56 Å². The van der Waals surface area contributed by atoms with E-state index in [0.29, 0.717) is 22.3 Å². The number of carbonyl (C=O) groups excluding carboxylic acids is 1. The number of aryl methyl sites for hydroxylation is 2. The smallest absolute Gasteiger partial charge is 0.261 e. The Bertz CT molecular complexity index is 1080. The summed E-state index contributed by atoms with van der Waals surface area (Å²) in [5, 5.41) is 0.716. The summed E-state index contributed by atoms with van der Waals surface area (Å²) in [4.78, 5) is 12.0. The first-order chi connectivity index (χ1) is 11.7. The van der Waals surface area contributed by atoms with Crippen molar-refractivity contribution in [2.75, 3.05) is 4.72 Å². The molecule has 3 aromatic rings. The lowest BCUT2D eigenvalue weighted by atomic mass is 10.1. The van der Waals surface area contributed by atoms with Crippen molar-refractivity contribution in [1.82, 2.24) is 0 Å². The van der Waals surface area contributed by atoms with Crippen LogP contribution in [0.1, 0.15) is 28.6 Å². The van der Waals surface area contributed by atoms with Gasteiger partial charge in [-0.15, -0.1) is 0 Å². The van der Waals surface area contributed by atoms with E-state index in [1.165, 1.54) is 25.1 Å². The molecule has 0 aliphatic heterocycles. The molecule has 1 heterocycles. The van der Waals surface area contributed by atoms with Gasteiger partial charge in [0.2, 0.25) is 0 Å². The first-order valence-electron chi connectivity index (χ1n) is 7.52. The minimum absolute atomic E-state index is 0.143. The molecule has 0 atom stereocenters. The van der Waals surface area contributed by atoms with Crippen LogP contribution < -0.4 is 4.72 Å². The fourth-order valence-electron chi connectivity index (χ4n) is 2.70. The Hall–Kier alpha value is -2.31. The molecular formula is C18H16ClNO4S. The van der Waals surface area contributed by atoms with Crippen LogP contribution >= 0.6 is 11.6 Å². The Labute approximate surface area is 150 Å². The lowest BCUT2D eigenvalue weighted by Crippen LogP contribution is -2.12. The number of fused-ring (bicyclic) bond motifs is 1. The molecule has 7 heteroatoms. The van der Waals surface area contributed by atoms with Crippen molar-refractivity contribution in [2.45, 2.75) is 25.7 Å². The number of carbonyl (C=O) groups is 1. The normalized spacial score (nSPS) is 11.7. The van der Waals surface area contributed by atoms with E-state index in [1.54, 1.807) is 25.1 Å². The van der Waals surface area contributed by atoms with Crippen LogP contribution in [0.5, 0.6) is 0 Å². The van der Waals surface area contributed by atoms with Crippen LogP contribution in [-0.2, 0) is 10.0 Å². The van der Waals surface area contributed by atoms with Crippen molar-refractivity contribution in [3.05, 3.63) is 58.3 Å². The molecule has 25 heavy (non-hydrogen) atoms. The van der Waals surface area contributed by atoms with Gasteiger partial charge in [0, 0.05) is 5.39 Å². The maximum absolute atomic E-state index is 12.5. The highest BCUT2D eigenvalue weighted by Gasteiger charge is 2.20. The molecule has 0 spiro atoms. The Morgan fingerprint density at radius 2 is 1.76 bits per heavy atom. The van der Waals surface area contributed by atoms with Crippen LogP contribution in [0.3, 0.4) is 0 Å². The molecular weight excluding hydrogens is 362 g/mol. The topological polar surface area (TPSA) is 76.4 Å². The molecule has 1 aromatic heterocycles. The summed E-state index contributed by atoms with van der Waals surface area (Å²) in [5.41, 5.74) is 1.99. The Balaban J connectivity index is 2.09. The number of hydrogen-bond donors (Lipinski definition) is 1. The maximum Gasteiger partial charge on any atom is 0.261 e. The number of Topliss-reactive ketones (excluding diaryl/α,β-unsaturated/α-hetero) is 1. The summed E-state index contributed by atoms with van der Waals surface area (Å²) in [7, 11) is -3.77. The van der Waals surface area contributed by atoms with Crippen molar-refractivity contribution in [3.63, 3.8) is 0 Å². The summed E-state index contributed by atoms with van der Waals surface area (Å²) < 4.78 is 33.1. The summed E-state index contributed by atoms with van der Waals surface area (Å²) in [5.74, 6) is 0.272. The van der Waals surface area contributed by atoms with Crippen LogP contribution in [0.2, 0.25) is 5.02 Å². The van der Waals surface area contributed by atoms with Crippen molar-refractivity contribution in [1.29, 1.82) is 0 Å². The monoisotopic (exact) mass is 377 g/mol. The molecule has 0 aliphatic carbocycles. The number of hydrogen-bond acceptors (Lipinski definition) is 4. The van der Waals surface area contributed by atoms with Crippen LogP contribution in [-0.4, -0.2) is 14.2 Å². The van der Waals surface area contributed by atoms with E-state index in [9.17, 15) is 13.2 Å². The third-order valence-corrected chi connectivity index (χ3v) is 5.53. The number of furan rings is 1. The zero-order chi connectivity index (χ0) is 18.4. The van der Waals surface area contributed by atoms with E-state index in [4.69, 9.17) is 16.0 Å². The molecule has 2 aromatic carbocycles. The predicted molar refractivity (Wildman–Crippen MR) is 98.0 cm³/mol. The second kappa shape index (κ2) is 6.20. The first kappa shape index (κ1) is 17.5. The third-order valence-electron chi connectivity index (χ3n) is 3.86. The van der Waals surface area contributed by atoms with Crippen molar-refractivity contribution >= 4 is 44.1 Å². The Morgan fingerprint density at radius 3 is 2.36 bits per heavy atom. The molecule has 0 saturated heterocycles. The maximum atomic E-state index is 12.5. The van der Waals surface area contributed by atoms with Crippen LogP contribution in [0, 0.1) is 13.8 Å². The highest BCUT2D eigenvalue weighted by Crippen LogP contribution is 2.35. The fourth-order valence-corrected chi connectivity index (χ4v) is 4.00. The SMILES string of the molecule is CC(=O)c1c(C)oc2c(Cl)cc(NS(=O)(=O)c3ccc(C)cc3)cc12. The van der Waals surface area contributed by atoms with Crippen molar-refractivity contribution < 1.29 is 17.6 Å². The minimum Gasteiger partial charge on any atom is -0.459 e. The number of rotatable bonds is 4. The number of benzene rings is 2. The molecule has 0 aliphatic rings. The standard InChI is InChI=1S/C18H16ClNO4S/c1-10-4-6-14(7-5-10)25(22,23)20-13-8-15-17(11(2)21)12(3)24-18(15)16(19)9-13/h4-9,20H,1-3H3. The van der Waals surface area contributed by atoms with Crippen LogP contribution in [0.15, 0.2) is 45.7 Å². The van der Waals surface area contributed by atoms with Gasteiger partial charge in [0.15, 0.2) is 11.4 Å². The Morgan fingerprint density at radius 1 is 1.12 bits per heavy atom. The van der Waals surface area contributed by atoms with Gasteiger partial charge in [-0.1, -0.05) is 29.3 Å². The summed E-state index contributed by atoms with van der Waals surface area (Å²) in [6, 6.07) is 9.51. The van der Waals surface area contributed by atoms with Crippen molar-refractivity contribution in [3.8, 4) is 0 Å². The number of anilines is 1. The highest BCUT2D eigenvalue weighted by atomic mass is 35.5. The number of sulfonamides is 1. The zero-order valence-electron chi connectivity index (χ0n) is 13.9. The van der Waals surface area contributed by atoms with Gasteiger partial charge in [-0.05, 0) is 45.0 Å². The summed E-state index contributed by atoms with van der Waals surface area (Å²) in [6.07, 6.45) is 0. The Kier molecular flexibility index (Phi) is 4.34. The molecule has 3 rings (SSSR count). The van der Waals surface area contributed by atoms with Gasteiger partial charge in [-0.2, -0.15) is 0 Å². The molecule has 0 amide bonds. The average Bonchev–Trinajstić information content (AvgIpc) is 2.84. The number of nitrogens with one attached hydrogen (secondary N) is 1. The lowest BCUT2D eigenvalue weighted by Gasteiger charge is -2.09. The lowest BCUT2D eigenvalue weighted by molar-refractivity contribution is 0.101. The van der Waals surface area contributed by atoms with Gasteiger partial charge in [0.05, 0.1) is 21.2 Å². The van der Waals surface area contributed by atoms with Crippen molar-refractivity contribution in [2.24, 2.45) is 0 Å². The fraction of sp³-hybridized carbons (Fsp3) is 0.167. The molecule has 0 bridgehead atoms. The van der Waals surface area contributed by atoms with E-state index >= 15 is 0 Å². The van der Waals surface area contributed by atoms with E-state index in [-0.39, 0.29) is 21.4 Å². The van der Waals surface area contributed by atoms with Gasteiger partial charge in [-0.3, -0.25) is 9.52 Å². The molecule has 1 N–H and O–H groups in total. The van der Waals surface area contributed by atoms with Crippen LogP contribution in [0.4, 0.5) is 5.69 Å². The first-order valence-corrected chi connectivity index (χ1v) is 9.38. The van der Waals surface area contributed by atoms with Gasteiger partial charge in [0.1, 0.15) is 5.76 Å². The second-order valence-electron chi connectivity index (χ2n) is 5.84. The van der Waals surface area contributed by atoms with Crippen LogP contribution in [0.25, 0.3) is 11.0 Å². The van der Waals surface area contributed by atoms with E-state index in [2.05, 4.69) is 4.72 Å². The van der Waals surface area contributed by atoms with E-state index < -0.39 is 10.0 Å². The van der Waals surface area contributed by atoms with Gasteiger partial charge in [0.25, 0.3) is 10.0 Å². The summed E-state index contributed by atoms with van der Waals surface area (Å²) in [6.45, 7) is 4.97. The highest BCUT2D eigenvalue weighted by molar-refractivity contribution is 7.92. The average molecular weight is 378 g/mol. The molecule has 0 unspecified atom stereocenters. The predicted octanol–water partition coefficient (Wildman–Crippen LogP) is 4.71. The minimum atomic E-state index is -3.77. The zero-order valence-corrected chi connectivity index (χ0v) is 15.5.